The van der Waals surface area contributed by atoms with E-state index in [0.29, 0.717) is 0 Å². The average molecular weight is 255 g/mol. The average Bonchev–Trinajstić information content (AvgIpc) is 2.39. The van der Waals surface area contributed by atoms with Gasteiger partial charge in [-0.05, 0) is 31.5 Å². The van der Waals surface area contributed by atoms with Crippen molar-refractivity contribution < 1.29 is 9.90 Å². The lowest BCUT2D eigenvalue weighted by Gasteiger charge is -2.16. The summed E-state index contributed by atoms with van der Waals surface area (Å²) in [7, 11) is 0. The molecule has 2 aromatic carbocycles. The second-order valence-corrected chi connectivity index (χ2v) is 4.69. The lowest BCUT2D eigenvalue weighted by molar-refractivity contribution is -0.138. The van der Waals surface area contributed by atoms with E-state index in [1.165, 1.54) is 0 Å². The molecule has 3 heteroatoms. The van der Waals surface area contributed by atoms with Crippen LogP contribution in [0.25, 0.3) is 0 Å². The Morgan fingerprint density at radius 1 is 0.947 bits per heavy atom. The molecule has 1 unspecified atom stereocenters. The van der Waals surface area contributed by atoms with Crippen LogP contribution in [0.4, 0.5) is 5.69 Å². The highest BCUT2D eigenvalue weighted by atomic mass is 16.4. The van der Waals surface area contributed by atoms with Crippen LogP contribution in [0.15, 0.2) is 48.5 Å². The Balaban J connectivity index is 2.23. The summed E-state index contributed by atoms with van der Waals surface area (Å²) >= 11 is 0. The van der Waals surface area contributed by atoms with E-state index in [0.717, 1.165) is 22.4 Å². The number of nitrogens with one attached hydrogen (secondary N) is 1. The molecule has 0 fully saturated rings. The highest BCUT2D eigenvalue weighted by molar-refractivity contribution is 5.79. The first-order chi connectivity index (χ1) is 9.06. The molecule has 1 atom stereocenters. The van der Waals surface area contributed by atoms with Crippen LogP contribution in [-0.2, 0) is 4.79 Å². The number of aryl methyl sites for hydroxylation is 2. The van der Waals surface area contributed by atoms with Gasteiger partial charge < -0.3 is 10.4 Å². The van der Waals surface area contributed by atoms with Crippen molar-refractivity contribution in [3.63, 3.8) is 0 Å². The van der Waals surface area contributed by atoms with Crippen LogP contribution in [0.2, 0.25) is 0 Å². The molecule has 0 saturated heterocycles. The zero-order chi connectivity index (χ0) is 13.8. The Labute approximate surface area is 112 Å². The number of carboxylic acid groups (broad SMARTS) is 1. The SMILES string of the molecule is Cc1ccc(NC(C(=O)O)c2ccc(C)cc2)cc1. The van der Waals surface area contributed by atoms with E-state index < -0.39 is 12.0 Å². The molecule has 3 nitrogen and oxygen atoms in total. The number of hydrogen-bond donors (Lipinski definition) is 2. The van der Waals surface area contributed by atoms with Gasteiger partial charge in [0, 0.05) is 5.69 Å². The highest BCUT2D eigenvalue weighted by Crippen LogP contribution is 2.20. The Morgan fingerprint density at radius 2 is 1.42 bits per heavy atom. The summed E-state index contributed by atoms with van der Waals surface area (Å²) in [5, 5.41) is 12.4. The molecule has 2 N–H and O–H groups in total. The number of benzene rings is 2. The van der Waals surface area contributed by atoms with Crippen molar-refractivity contribution in [2.24, 2.45) is 0 Å². The Kier molecular flexibility index (Phi) is 3.85. The largest absolute Gasteiger partial charge is 0.479 e. The first kappa shape index (κ1) is 13.1. The summed E-state index contributed by atoms with van der Waals surface area (Å²) < 4.78 is 0. The molecular weight excluding hydrogens is 238 g/mol. The van der Waals surface area contributed by atoms with E-state index in [2.05, 4.69) is 5.32 Å². The molecular formula is C16H17NO2. The molecule has 19 heavy (non-hydrogen) atoms. The summed E-state index contributed by atoms with van der Waals surface area (Å²) in [6.07, 6.45) is 0. The van der Waals surface area contributed by atoms with E-state index >= 15 is 0 Å². The predicted molar refractivity (Wildman–Crippen MR) is 76.4 cm³/mol. The number of carbonyl (C=O) groups is 1. The zero-order valence-corrected chi connectivity index (χ0v) is 11.1. The molecule has 0 aliphatic heterocycles. The van der Waals surface area contributed by atoms with Crippen LogP contribution in [0.1, 0.15) is 22.7 Å². The third kappa shape index (κ3) is 3.35. The number of carboxylic acids is 1. The molecule has 2 rings (SSSR count). The standard InChI is InChI=1S/C16H17NO2/c1-11-3-7-13(8-4-11)15(16(18)19)17-14-9-5-12(2)6-10-14/h3-10,15,17H,1-2H3,(H,18,19). The molecule has 0 spiro atoms. The van der Waals surface area contributed by atoms with Crippen LogP contribution >= 0.6 is 0 Å². The fourth-order valence-corrected chi connectivity index (χ4v) is 1.86. The third-order valence-electron chi connectivity index (χ3n) is 3.02. The number of hydrogen-bond acceptors (Lipinski definition) is 2. The Hall–Kier alpha value is -2.29. The van der Waals surface area contributed by atoms with E-state index in [-0.39, 0.29) is 0 Å². The van der Waals surface area contributed by atoms with E-state index in [4.69, 9.17) is 0 Å². The van der Waals surface area contributed by atoms with E-state index in [9.17, 15) is 9.90 Å². The molecule has 0 aliphatic carbocycles. The van der Waals surface area contributed by atoms with E-state index in [1.807, 2.05) is 62.4 Å². The van der Waals surface area contributed by atoms with Gasteiger partial charge in [0.1, 0.15) is 0 Å². The Bertz CT molecular complexity index is 558. The minimum atomic E-state index is -0.885. The predicted octanol–water partition coefficient (Wildman–Crippen LogP) is 3.54. The number of anilines is 1. The maximum absolute atomic E-state index is 11.4. The zero-order valence-electron chi connectivity index (χ0n) is 11.1. The maximum Gasteiger partial charge on any atom is 0.330 e. The van der Waals surface area contributed by atoms with Gasteiger partial charge in [-0.1, -0.05) is 47.5 Å². The molecule has 0 saturated carbocycles. The highest BCUT2D eigenvalue weighted by Gasteiger charge is 2.19. The van der Waals surface area contributed by atoms with Crippen LogP contribution in [0, 0.1) is 13.8 Å². The van der Waals surface area contributed by atoms with Crippen LogP contribution in [0.3, 0.4) is 0 Å². The summed E-state index contributed by atoms with van der Waals surface area (Å²) in [6, 6.07) is 14.5. The van der Waals surface area contributed by atoms with Crippen molar-refractivity contribution in [2.75, 3.05) is 5.32 Å². The van der Waals surface area contributed by atoms with Crippen molar-refractivity contribution in [1.29, 1.82) is 0 Å². The van der Waals surface area contributed by atoms with E-state index in [1.54, 1.807) is 0 Å². The minimum absolute atomic E-state index is 0.733. The molecule has 98 valence electrons. The van der Waals surface area contributed by atoms with Gasteiger partial charge in [-0.15, -0.1) is 0 Å². The van der Waals surface area contributed by atoms with Crippen molar-refractivity contribution in [2.45, 2.75) is 19.9 Å². The topological polar surface area (TPSA) is 49.3 Å². The molecule has 0 aromatic heterocycles. The second-order valence-electron chi connectivity index (χ2n) is 4.69. The van der Waals surface area contributed by atoms with Crippen molar-refractivity contribution in [3.05, 3.63) is 65.2 Å². The summed E-state index contributed by atoms with van der Waals surface area (Å²) in [4.78, 5) is 11.4. The van der Waals surface area contributed by atoms with Gasteiger partial charge in [-0.25, -0.2) is 4.79 Å². The molecule has 0 heterocycles. The maximum atomic E-state index is 11.4. The lowest BCUT2D eigenvalue weighted by atomic mass is 10.0. The van der Waals surface area contributed by atoms with Crippen LogP contribution in [-0.4, -0.2) is 11.1 Å². The fourth-order valence-electron chi connectivity index (χ4n) is 1.86. The van der Waals surface area contributed by atoms with Crippen LogP contribution < -0.4 is 5.32 Å². The van der Waals surface area contributed by atoms with Gasteiger partial charge in [0.25, 0.3) is 0 Å². The lowest BCUT2D eigenvalue weighted by Crippen LogP contribution is -2.20. The van der Waals surface area contributed by atoms with Gasteiger partial charge >= 0.3 is 5.97 Å². The van der Waals surface area contributed by atoms with Crippen molar-refractivity contribution >= 4 is 11.7 Å². The molecule has 2 aromatic rings. The fraction of sp³-hybridized carbons (Fsp3) is 0.188. The summed E-state index contributed by atoms with van der Waals surface area (Å²) in [6.45, 7) is 3.98. The summed E-state index contributed by atoms with van der Waals surface area (Å²) in [5.41, 5.74) is 3.81. The monoisotopic (exact) mass is 255 g/mol. The first-order valence-corrected chi connectivity index (χ1v) is 6.19. The third-order valence-corrected chi connectivity index (χ3v) is 3.02. The number of rotatable bonds is 4. The van der Waals surface area contributed by atoms with Gasteiger partial charge in [-0.3, -0.25) is 0 Å². The first-order valence-electron chi connectivity index (χ1n) is 6.19. The quantitative estimate of drug-likeness (QED) is 0.878. The summed E-state index contributed by atoms with van der Waals surface area (Å²) in [5.74, 6) is -0.885. The van der Waals surface area contributed by atoms with Crippen LogP contribution in [0.5, 0.6) is 0 Å². The smallest absolute Gasteiger partial charge is 0.330 e. The van der Waals surface area contributed by atoms with Gasteiger partial charge in [0.2, 0.25) is 0 Å². The van der Waals surface area contributed by atoms with Crippen molar-refractivity contribution in [1.82, 2.24) is 0 Å². The van der Waals surface area contributed by atoms with Crippen molar-refractivity contribution in [3.8, 4) is 0 Å². The molecule has 0 amide bonds. The normalized spacial score (nSPS) is 11.9. The van der Waals surface area contributed by atoms with Gasteiger partial charge in [0.15, 0.2) is 6.04 Å². The minimum Gasteiger partial charge on any atom is -0.479 e. The second kappa shape index (κ2) is 5.57. The molecule has 0 aliphatic rings. The van der Waals surface area contributed by atoms with Gasteiger partial charge in [-0.2, -0.15) is 0 Å². The molecule has 0 bridgehead atoms. The molecule has 0 radical (unpaired) electrons. The van der Waals surface area contributed by atoms with Gasteiger partial charge in [0.05, 0.1) is 0 Å². The Morgan fingerprint density at radius 3 is 1.89 bits per heavy atom. The number of aliphatic carboxylic acids is 1.